The minimum absolute atomic E-state index is 0.0515. The predicted molar refractivity (Wildman–Crippen MR) is 95.3 cm³/mol. The van der Waals surface area contributed by atoms with E-state index < -0.39 is 12.0 Å². The van der Waals surface area contributed by atoms with Crippen molar-refractivity contribution in [3.05, 3.63) is 72.2 Å². The summed E-state index contributed by atoms with van der Waals surface area (Å²) in [6.45, 7) is 0.0515. The van der Waals surface area contributed by atoms with Crippen LogP contribution in [0.1, 0.15) is 22.4 Å². The second-order valence-corrected chi connectivity index (χ2v) is 5.84. The van der Waals surface area contributed by atoms with Gasteiger partial charge < -0.3 is 19.9 Å². The number of aromatic amines is 1. The number of rotatable bonds is 5. The zero-order valence-electron chi connectivity index (χ0n) is 13.7. The van der Waals surface area contributed by atoms with Gasteiger partial charge in [0, 0.05) is 29.2 Å². The van der Waals surface area contributed by atoms with E-state index in [9.17, 15) is 9.90 Å². The van der Waals surface area contributed by atoms with Gasteiger partial charge in [0.15, 0.2) is 0 Å². The minimum Gasteiger partial charge on any atom is -0.387 e. The number of hydrogen-bond donors (Lipinski definition) is 3. The van der Waals surface area contributed by atoms with Gasteiger partial charge in [0.25, 0.3) is 0 Å². The van der Waals surface area contributed by atoms with E-state index in [2.05, 4.69) is 20.4 Å². The SMILES string of the molecule is O=C(NC[C@@H](O)c1ccccc1)c1nc(-c2ccc3[nH]ccc3c2)no1. The van der Waals surface area contributed by atoms with E-state index in [0.29, 0.717) is 5.82 Å². The number of aromatic nitrogens is 3. The van der Waals surface area contributed by atoms with Crippen LogP contribution in [0.4, 0.5) is 0 Å². The number of carbonyl (C=O) groups excluding carboxylic acids is 1. The van der Waals surface area contributed by atoms with Gasteiger partial charge in [-0.15, -0.1) is 0 Å². The third-order valence-electron chi connectivity index (χ3n) is 4.07. The Morgan fingerprint density at radius 3 is 2.88 bits per heavy atom. The van der Waals surface area contributed by atoms with E-state index in [-0.39, 0.29) is 12.4 Å². The van der Waals surface area contributed by atoms with Crippen LogP contribution in [0.15, 0.2) is 65.3 Å². The van der Waals surface area contributed by atoms with E-state index in [0.717, 1.165) is 22.0 Å². The first kappa shape index (κ1) is 16.0. The van der Waals surface area contributed by atoms with E-state index >= 15 is 0 Å². The molecule has 4 aromatic rings. The number of nitrogens with one attached hydrogen (secondary N) is 2. The summed E-state index contributed by atoms with van der Waals surface area (Å²) in [5.41, 5.74) is 2.48. The first-order chi connectivity index (χ1) is 12.7. The Morgan fingerprint density at radius 1 is 1.19 bits per heavy atom. The number of benzene rings is 2. The van der Waals surface area contributed by atoms with Gasteiger partial charge in [0.05, 0.1) is 6.10 Å². The van der Waals surface area contributed by atoms with Crippen molar-refractivity contribution in [3.8, 4) is 11.4 Å². The van der Waals surface area contributed by atoms with Crippen molar-refractivity contribution in [2.45, 2.75) is 6.10 Å². The molecule has 0 aliphatic heterocycles. The van der Waals surface area contributed by atoms with Crippen molar-refractivity contribution in [2.75, 3.05) is 6.54 Å². The fourth-order valence-electron chi connectivity index (χ4n) is 2.68. The topological polar surface area (TPSA) is 104 Å². The van der Waals surface area contributed by atoms with Crippen molar-refractivity contribution in [3.63, 3.8) is 0 Å². The predicted octanol–water partition coefficient (Wildman–Crippen LogP) is 2.68. The smallest absolute Gasteiger partial charge is 0.316 e. The highest BCUT2D eigenvalue weighted by molar-refractivity contribution is 5.90. The normalized spacial score (nSPS) is 12.2. The first-order valence-corrected chi connectivity index (χ1v) is 8.13. The molecule has 7 nitrogen and oxygen atoms in total. The van der Waals surface area contributed by atoms with E-state index in [1.807, 2.05) is 48.7 Å². The lowest BCUT2D eigenvalue weighted by Crippen LogP contribution is -2.28. The Kier molecular flexibility index (Phi) is 4.20. The molecule has 4 rings (SSSR count). The highest BCUT2D eigenvalue weighted by Gasteiger charge is 2.17. The fraction of sp³-hybridized carbons (Fsp3) is 0.105. The van der Waals surface area contributed by atoms with Crippen LogP contribution >= 0.6 is 0 Å². The molecule has 2 heterocycles. The molecule has 3 N–H and O–H groups in total. The monoisotopic (exact) mass is 348 g/mol. The van der Waals surface area contributed by atoms with Crippen LogP contribution in [0.5, 0.6) is 0 Å². The molecule has 130 valence electrons. The average Bonchev–Trinajstić information content (AvgIpc) is 3.35. The molecule has 0 saturated heterocycles. The summed E-state index contributed by atoms with van der Waals surface area (Å²) in [5, 5.41) is 17.6. The summed E-state index contributed by atoms with van der Waals surface area (Å²) in [5.74, 6) is -0.335. The second-order valence-electron chi connectivity index (χ2n) is 5.84. The first-order valence-electron chi connectivity index (χ1n) is 8.13. The number of fused-ring (bicyclic) bond motifs is 1. The fourth-order valence-corrected chi connectivity index (χ4v) is 2.68. The van der Waals surface area contributed by atoms with Gasteiger partial charge in [-0.05, 0) is 29.8 Å². The lowest BCUT2D eigenvalue weighted by atomic mass is 10.1. The summed E-state index contributed by atoms with van der Waals surface area (Å²) in [6, 6.07) is 16.7. The number of carbonyl (C=O) groups is 1. The Balaban J connectivity index is 1.44. The summed E-state index contributed by atoms with van der Waals surface area (Å²) in [4.78, 5) is 19.4. The maximum Gasteiger partial charge on any atom is 0.316 e. The van der Waals surface area contributed by atoms with Gasteiger partial charge in [0.2, 0.25) is 5.82 Å². The summed E-state index contributed by atoms with van der Waals surface area (Å²) in [6.07, 6.45) is 1.04. The molecule has 0 aliphatic carbocycles. The quantitative estimate of drug-likeness (QED) is 0.514. The van der Waals surface area contributed by atoms with Crippen LogP contribution in [-0.2, 0) is 0 Å². The van der Waals surface area contributed by atoms with E-state index in [4.69, 9.17) is 4.52 Å². The standard InChI is InChI=1S/C19H16N4O3/c24-16(12-4-2-1-3-5-12)11-21-18(25)19-22-17(23-26-19)14-6-7-15-13(10-14)8-9-20-15/h1-10,16,20,24H,11H2,(H,21,25)/t16-/m1/s1. The van der Waals surface area contributed by atoms with Crippen molar-refractivity contribution in [1.29, 1.82) is 0 Å². The lowest BCUT2D eigenvalue weighted by molar-refractivity contribution is 0.0873. The second kappa shape index (κ2) is 6.81. The number of aliphatic hydroxyl groups is 1. The molecular weight excluding hydrogens is 332 g/mol. The molecule has 0 spiro atoms. The molecule has 26 heavy (non-hydrogen) atoms. The van der Waals surface area contributed by atoms with Crippen molar-refractivity contribution < 1.29 is 14.4 Å². The molecule has 0 aliphatic rings. The highest BCUT2D eigenvalue weighted by Crippen LogP contribution is 2.21. The summed E-state index contributed by atoms with van der Waals surface area (Å²) in [7, 11) is 0. The molecule has 0 unspecified atom stereocenters. The minimum atomic E-state index is -0.807. The van der Waals surface area contributed by atoms with Gasteiger partial charge in [-0.3, -0.25) is 4.79 Å². The van der Waals surface area contributed by atoms with Gasteiger partial charge in [-0.2, -0.15) is 4.98 Å². The number of H-pyrrole nitrogens is 1. The molecule has 0 fully saturated rings. The van der Waals surface area contributed by atoms with Crippen LogP contribution < -0.4 is 5.32 Å². The van der Waals surface area contributed by atoms with Crippen LogP contribution in [0.3, 0.4) is 0 Å². The molecule has 0 radical (unpaired) electrons. The molecular formula is C19H16N4O3. The number of aliphatic hydroxyl groups excluding tert-OH is 1. The zero-order chi connectivity index (χ0) is 17.9. The molecule has 1 atom stereocenters. The van der Waals surface area contributed by atoms with Crippen molar-refractivity contribution >= 4 is 16.8 Å². The maximum absolute atomic E-state index is 12.2. The molecule has 7 heteroatoms. The Bertz CT molecular complexity index is 1040. The van der Waals surface area contributed by atoms with Crippen LogP contribution in [0.2, 0.25) is 0 Å². The maximum atomic E-state index is 12.2. The van der Waals surface area contributed by atoms with E-state index in [1.54, 1.807) is 12.1 Å². The molecule has 2 aromatic heterocycles. The third-order valence-corrected chi connectivity index (χ3v) is 4.07. The molecule has 0 bridgehead atoms. The third kappa shape index (κ3) is 3.20. The van der Waals surface area contributed by atoms with E-state index in [1.165, 1.54) is 0 Å². The summed E-state index contributed by atoms with van der Waals surface area (Å²) >= 11 is 0. The number of amides is 1. The molecule has 1 amide bonds. The highest BCUT2D eigenvalue weighted by atomic mass is 16.5. The Morgan fingerprint density at radius 2 is 2.04 bits per heavy atom. The molecule has 2 aromatic carbocycles. The Labute approximate surface area is 148 Å². The Hall–Kier alpha value is -3.45. The van der Waals surface area contributed by atoms with Gasteiger partial charge in [-0.25, -0.2) is 0 Å². The molecule has 0 saturated carbocycles. The van der Waals surface area contributed by atoms with Crippen LogP contribution in [0, 0.1) is 0 Å². The number of nitrogens with zero attached hydrogens (tertiary/aromatic N) is 2. The van der Waals surface area contributed by atoms with Crippen molar-refractivity contribution in [2.24, 2.45) is 0 Å². The largest absolute Gasteiger partial charge is 0.387 e. The zero-order valence-corrected chi connectivity index (χ0v) is 13.7. The van der Waals surface area contributed by atoms with Crippen molar-refractivity contribution in [1.82, 2.24) is 20.4 Å². The number of hydrogen-bond acceptors (Lipinski definition) is 5. The van der Waals surface area contributed by atoms with Gasteiger partial charge in [-0.1, -0.05) is 35.5 Å². The average molecular weight is 348 g/mol. The lowest BCUT2D eigenvalue weighted by Gasteiger charge is -2.10. The van der Waals surface area contributed by atoms with Gasteiger partial charge in [0.1, 0.15) is 0 Å². The van der Waals surface area contributed by atoms with Crippen LogP contribution in [0.25, 0.3) is 22.3 Å². The van der Waals surface area contributed by atoms with Crippen LogP contribution in [-0.4, -0.2) is 32.7 Å². The summed E-state index contributed by atoms with van der Waals surface area (Å²) < 4.78 is 5.05. The van der Waals surface area contributed by atoms with Gasteiger partial charge >= 0.3 is 11.8 Å².